The van der Waals surface area contributed by atoms with Crippen molar-refractivity contribution in [2.45, 2.75) is 59.0 Å². The summed E-state index contributed by atoms with van der Waals surface area (Å²) < 4.78 is 26.1. The molecule has 124 valence electrons. The molecule has 1 amide bonds. The first-order chi connectivity index (χ1) is 10.1. The summed E-state index contributed by atoms with van der Waals surface area (Å²) in [6.07, 6.45) is 0.684. The highest BCUT2D eigenvalue weighted by Crippen LogP contribution is 2.20. The Hall–Kier alpha value is -1.99. The molecule has 6 nitrogen and oxygen atoms in total. The van der Waals surface area contributed by atoms with E-state index < -0.39 is 24.0 Å². The lowest BCUT2D eigenvalue weighted by atomic mass is 9.95. The second-order valence-corrected chi connectivity index (χ2v) is 5.48. The molecule has 0 spiro atoms. The van der Waals surface area contributed by atoms with E-state index in [0.29, 0.717) is 22.4 Å². The number of alkyl halides is 2. The fourth-order valence-corrected chi connectivity index (χ4v) is 2.38. The van der Waals surface area contributed by atoms with E-state index in [1.807, 2.05) is 6.92 Å². The third-order valence-electron chi connectivity index (χ3n) is 3.63. The Morgan fingerprint density at radius 2 is 2.00 bits per heavy atom. The van der Waals surface area contributed by atoms with E-state index in [9.17, 15) is 23.5 Å². The van der Waals surface area contributed by atoms with Gasteiger partial charge in [-0.15, -0.1) is 0 Å². The second-order valence-electron chi connectivity index (χ2n) is 5.48. The van der Waals surface area contributed by atoms with Crippen molar-refractivity contribution in [3.8, 4) is 0 Å². The number of carboxylic acids is 1. The number of carbonyl (C=O) groups excluding carboxylic acids is 1. The van der Waals surface area contributed by atoms with Gasteiger partial charge in [-0.3, -0.25) is 4.79 Å². The smallest absolute Gasteiger partial charge is 0.333 e. The molecule has 1 rings (SSSR count). The Morgan fingerprint density at radius 3 is 2.41 bits per heavy atom. The van der Waals surface area contributed by atoms with E-state index >= 15 is 0 Å². The van der Waals surface area contributed by atoms with Gasteiger partial charge in [-0.05, 0) is 27.2 Å². The quantitative estimate of drug-likeness (QED) is 0.807. The van der Waals surface area contributed by atoms with Crippen molar-refractivity contribution in [2.75, 3.05) is 0 Å². The maximum Gasteiger partial charge on any atom is 0.333 e. The number of carboxylic acid groups (broad SMARTS) is 1. The van der Waals surface area contributed by atoms with E-state index in [1.165, 1.54) is 20.8 Å². The van der Waals surface area contributed by atoms with Crippen molar-refractivity contribution < 1.29 is 23.5 Å². The molecule has 0 aliphatic carbocycles. The highest BCUT2D eigenvalue weighted by molar-refractivity contribution is 5.87. The summed E-state index contributed by atoms with van der Waals surface area (Å²) in [4.78, 5) is 23.4. The van der Waals surface area contributed by atoms with Crippen LogP contribution in [-0.2, 0) is 16.0 Å². The molecule has 0 fully saturated rings. The summed E-state index contributed by atoms with van der Waals surface area (Å²) in [6.45, 7) is 3.46. The van der Waals surface area contributed by atoms with Gasteiger partial charge in [0, 0.05) is 11.3 Å². The number of aryl methyl sites for hydroxylation is 1. The van der Waals surface area contributed by atoms with Crippen LogP contribution in [0, 0.1) is 13.8 Å². The second kappa shape index (κ2) is 6.85. The van der Waals surface area contributed by atoms with Crippen molar-refractivity contribution in [3.05, 3.63) is 17.0 Å². The number of aromatic nitrogens is 2. The molecule has 0 radical (unpaired) electrons. The summed E-state index contributed by atoms with van der Waals surface area (Å²) in [5, 5.41) is 15.4. The molecule has 0 aliphatic heterocycles. The van der Waals surface area contributed by atoms with Crippen LogP contribution in [0.1, 0.15) is 50.2 Å². The van der Waals surface area contributed by atoms with Crippen LogP contribution < -0.4 is 5.32 Å². The lowest BCUT2D eigenvalue weighted by Crippen LogP contribution is -2.52. The van der Waals surface area contributed by atoms with Crippen LogP contribution in [0.2, 0.25) is 0 Å². The number of nitrogens with zero attached hydrogens (tertiary/aromatic N) is 2. The van der Waals surface area contributed by atoms with E-state index in [0.717, 1.165) is 0 Å². The number of carbonyl (C=O) groups is 2. The first-order valence-electron chi connectivity index (χ1n) is 6.99. The number of hydrogen-bond donors (Lipinski definition) is 2. The zero-order valence-electron chi connectivity index (χ0n) is 13.1. The molecule has 0 bridgehead atoms. The number of hydrogen-bond acceptors (Lipinski definition) is 3. The van der Waals surface area contributed by atoms with Gasteiger partial charge >= 0.3 is 12.5 Å². The van der Waals surface area contributed by atoms with Gasteiger partial charge in [0.15, 0.2) is 0 Å². The predicted molar refractivity (Wildman–Crippen MR) is 75.7 cm³/mol. The van der Waals surface area contributed by atoms with E-state index in [1.54, 1.807) is 0 Å². The largest absolute Gasteiger partial charge is 0.480 e. The average molecular weight is 317 g/mol. The first kappa shape index (κ1) is 18.1. The molecule has 1 heterocycles. The molecule has 22 heavy (non-hydrogen) atoms. The summed E-state index contributed by atoms with van der Waals surface area (Å²) in [5.74, 6) is -1.65. The zero-order chi connectivity index (χ0) is 17.1. The van der Waals surface area contributed by atoms with Crippen LogP contribution in [0.15, 0.2) is 0 Å². The van der Waals surface area contributed by atoms with E-state index in [2.05, 4.69) is 10.4 Å². The molecule has 1 aromatic rings. The number of aliphatic carboxylic acids is 1. The molecule has 1 aromatic heterocycles. The first-order valence-corrected chi connectivity index (χ1v) is 6.99. The zero-order valence-corrected chi connectivity index (χ0v) is 13.1. The summed E-state index contributed by atoms with van der Waals surface area (Å²) >= 11 is 0. The van der Waals surface area contributed by atoms with Crippen molar-refractivity contribution in [1.29, 1.82) is 0 Å². The third-order valence-corrected chi connectivity index (χ3v) is 3.63. The number of rotatable bonds is 7. The van der Waals surface area contributed by atoms with Crippen molar-refractivity contribution in [2.24, 2.45) is 0 Å². The third kappa shape index (κ3) is 3.80. The van der Waals surface area contributed by atoms with Crippen LogP contribution in [0.5, 0.6) is 0 Å². The van der Waals surface area contributed by atoms with Crippen LogP contribution in [0.3, 0.4) is 0 Å². The van der Waals surface area contributed by atoms with Gasteiger partial charge in [0.2, 0.25) is 5.91 Å². The minimum Gasteiger partial charge on any atom is -0.480 e. The fourth-order valence-electron chi connectivity index (χ4n) is 2.38. The van der Waals surface area contributed by atoms with Crippen LogP contribution in [0.4, 0.5) is 8.78 Å². The standard InChI is InChI=1S/C14H21F2N3O3/c1-5-6-14(4,12(21)22)17-11(20)7-10-8(2)18-19(9(10)3)13(15)16/h13H,5-7H2,1-4H3,(H,17,20)(H,21,22)/t14-/m1/s1. The van der Waals surface area contributed by atoms with Gasteiger partial charge in [-0.2, -0.15) is 13.9 Å². The molecule has 0 saturated heterocycles. The summed E-state index contributed by atoms with van der Waals surface area (Å²) in [5.41, 5.74) is -0.440. The Labute approximate surface area is 127 Å². The molecule has 0 unspecified atom stereocenters. The van der Waals surface area contributed by atoms with E-state index in [4.69, 9.17) is 0 Å². The summed E-state index contributed by atoms with van der Waals surface area (Å²) in [6, 6.07) is 0. The Kier molecular flexibility index (Phi) is 5.62. The lowest BCUT2D eigenvalue weighted by molar-refractivity contribution is -0.147. The molecule has 1 atom stereocenters. The molecular weight excluding hydrogens is 296 g/mol. The molecule has 2 N–H and O–H groups in total. The number of nitrogens with one attached hydrogen (secondary N) is 1. The number of amides is 1. The van der Waals surface area contributed by atoms with Crippen molar-refractivity contribution in [3.63, 3.8) is 0 Å². The number of halogens is 2. The Bertz CT molecular complexity index is 572. The van der Waals surface area contributed by atoms with Crippen LogP contribution in [-0.4, -0.2) is 32.3 Å². The average Bonchev–Trinajstić information content (AvgIpc) is 2.66. The minimum absolute atomic E-state index is 0.184. The highest BCUT2D eigenvalue weighted by Gasteiger charge is 2.34. The van der Waals surface area contributed by atoms with Crippen molar-refractivity contribution >= 4 is 11.9 Å². The van der Waals surface area contributed by atoms with Crippen molar-refractivity contribution in [1.82, 2.24) is 15.1 Å². The van der Waals surface area contributed by atoms with Gasteiger partial charge in [-0.1, -0.05) is 13.3 Å². The Balaban J connectivity index is 2.92. The van der Waals surface area contributed by atoms with Gasteiger partial charge in [0.25, 0.3) is 0 Å². The van der Waals surface area contributed by atoms with Crippen LogP contribution >= 0.6 is 0 Å². The molecule has 0 aromatic carbocycles. The fraction of sp³-hybridized carbons (Fsp3) is 0.643. The highest BCUT2D eigenvalue weighted by atomic mass is 19.3. The van der Waals surface area contributed by atoms with E-state index in [-0.39, 0.29) is 18.5 Å². The van der Waals surface area contributed by atoms with Gasteiger partial charge in [0.1, 0.15) is 5.54 Å². The maximum absolute atomic E-state index is 12.8. The molecule has 0 saturated carbocycles. The van der Waals surface area contributed by atoms with Gasteiger partial charge < -0.3 is 10.4 Å². The molecular formula is C14H21F2N3O3. The normalized spacial score (nSPS) is 14.0. The monoisotopic (exact) mass is 317 g/mol. The van der Waals surface area contributed by atoms with Gasteiger partial charge in [-0.25, -0.2) is 9.48 Å². The maximum atomic E-state index is 12.8. The molecule has 0 aliphatic rings. The lowest BCUT2D eigenvalue weighted by Gasteiger charge is -2.25. The Morgan fingerprint density at radius 1 is 1.41 bits per heavy atom. The topological polar surface area (TPSA) is 84.2 Å². The minimum atomic E-state index is -2.78. The van der Waals surface area contributed by atoms with Gasteiger partial charge in [0.05, 0.1) is 12.1 Å². The SMILES string of the molecule is CCC[C@@](C)(NC(=O)Cc1c(C)nn(C(F)F)c1C)C(=O)O. The summed E-state index contributed by atoms with van der Waals surface area (Å²) in [7, 11) is 0. The predicted octanol–water partition coefficient (Wildman–Crippen LogP) is 2.20. The van der Waals surface area contributed by atoms with Crippen LogP contribution in [0.25, 0.3) is 0 Å². The molecule has 8 heteroatoms.